The summed E-state index contributed by atoms with van der Waals surface area (Å²) in [5, 5.41) is 0. The zero-order valence-electron chi connectivity index (χ0n) is 13.1. The van der Waals surface area contributed by atoms with Gasteiger partial charge in [-0.05, 0) is 67.6 Å². The minimum Gasteiger partial charge on any atom is -0.397 e. The number of rotatable bonds is 3. The molecule has 2 N–H and O–H groups in total. The van der Waals surface area contributed by atoms with E-state index in [1.54, 1.807) is 0 Å². The molecule has 2 heteroatoms. The first-order valence-corrected chi connectivity index (χ1v) is 7.03. The van der Waals surface area contributed by atoms with E-state index in [4.69, 9.17) is 5.73 Å². The molecule has 20 heavy (non-hydrogen) atoms. The molecule has 0 bridgehead atoms. The van der Waals surface area contributed by atoms with Crippen molar-refractivity contribution in [3.8, 4) is 0 Å². The normalized spacial score (nSPS) is 10.7. The molecule has 0 atom stereocenters. The van der Waals surface area contributed by atoms with Gasteiger partial charge in [0.05, 0.1) is 11.4 Å². The maximum atomic E-state index is 6.07. The monoisotopic (exact) mass is 268 g/mol. The Morgan fingerprint density at radius 3 is 2.05 bits per heavy atom. The van der Waals surface area contributed by atoms with Gasteiger partial charge in [0.2, 0.25) is 0 Å². The van der Waals surface area contributed by atoms with Crippen molar-refractivity contribution in [2.45, 2.75) is 34.2 Å². The Labute approximate surface area is 122 Å². The van der Waals surface area contributed by atoms with Gasteiger partial charge < -0.3 is 10.6 Å². The van der Waals surface area contributed by atoms with Crippen molar-refractivity contribution in [2.75, 3.05) is 17.7 Å². The second-order valence-electron chi connectivity index (χ2n) is 5.65. The van der Waals surface area contributed by atoms with Gasteiger partial charge in [0.25, 0.3) is 0 Å². The molecule has 2 nitrogen and oxygen atoms in total. The predicted octanol–water partition coefficient (Wildman–Crippen LogP) is 4.14. The number of para-hydroxylation sites is 2. The molecule has 106 valence electrons. The lowest BCUT2D eigenvalue weighted by atomic mass is 9.94. The van der Waals surface area contributed by atoms with Crippen molar-refractivity contribution < 1.29 is 0 Å². The molecule has 2 rings (SSSR count). The molecule has 0 spiro atoms. The standard InChI is InChI=1S/C18H24N2/c1-12-10-13(2)15(4)16(14(12)3)11-20(5)18-9-7-6-8-17(18)19/h6-10H,11,19H2,1-5H3. The molecule has 0 aliphatic rings. The summed E-state index contributed by atoms with van der Waals surface area (Å²) in [4.78, 5) is 2.23. The zero-order valence-corrected chi connectivity index (χ0v) is 13.1. The smallest absolute Gasteiger partial charge is 0.0600 e. The fourth-order valence-corrected chi connectivity index (χ4v) is 2.69. The van der Waals surface area contributed by atoms with Crippen LogP contribution in [-0.2, 0) is 6.54 Å². The van der Waals surface area contributed by atoms with Gasteiger partial charge in [-0.3, -0.25) is 0 Å². The Kier molecular flexibility index (Phi) is 4.03. The van der Waals surface area contributed by atoms with Crippen LogP contribution >= 0.6 is 0 Å². The number of nitrogen functional groups attached to an aromatic ring is 1. The molecular formula is C18H24N2. The summed E-state index contributed by atoms with van der Waals surface area (Å²) in [7, 11) is 2.10. The highest BCUT2D eigenvalue weighted by atomic mass is 15.1. The van der Waals surface area contributed by atoms with Crippen LogP contribution < -0.4 is 10.6 Å². The average Bonchev–Trinajstić information content (AvgIpc) is 2.41. The van der Waals surface area contributed by atoms with Crippen molar-refractivity contribution in [3.05, 3.63) is 58.1 Å². The molecular weight excluding hydrogens is 244 g/mol. The van der Waals surface area contributed by atoms with E-state index in [0.29, 0.717) is 0 Å². The molecule has 0 amide bonds. The molecule has 0 aliphatic carbocycles. The van der Waals surface area contributed by atoms with E-state index in [-0.39, 0.29) is 0 Å². The Hall–Kier alpha value is -1.96. The molecule has 2 aromatic carbocycles. The number of anilines is 2. The van der Waals surface area contributed by atoms with E-state index in [1.165, 1.54) is 27.8 Å². The molecule has 0 aliphatic heterocycles. The number of hydrogen-bond donors (Lipinski definition) is 1. The second-order valence-corrected chi connectivity index (χ2v) is 5.65. The molecule has 0 heterocycles. The second kappa shape index (κ2) is 5.58. The summed E-state index contributed by atoms with van der Waals surface area (Å²) in [6.45, 7) is 9.66. The van der Waals surface area contributed by atoms with Gasteiger partial charge in [0.1, 0.15) is 0 Å². The molecule has 0 saturated carbocycles. The predicted molar refractivity (Wildman–Crippen MR) is 88.4 cm³/mol. The maximum absolute atomic E-state index is 6.07. The number of nitrogens with two attached hydrogens (primary N) is 1. The third-order valence-corrected chi connectivity index (χ3v) is 4.26. The molecule has 0 saturated heterocycles. The van der Waals surface area contributed by atoms with E-state index >= 15 is 0 Å². The zero-order chi connectivity index (χ0) is 14.9. The third kappa shape index (κ3) is 2.64. The van der Waals surface area contributed by atoms with Crippen LogP contribution in [0, 0.1) is 27.7 Å². The number of aryl methyl sites for hydroxylation is 2. The van der Waals surface area contributed by atoms with Crippen LogP contribution in [0.25, 0.3) is 0 Å². The first-order valence-electron chi connectivity index (χ1n) is 7.03. The van der Waals surface area contributed by atoms with E-state index in [1.807, 2.05) is 18.2 Å². The van der Waals surface area contributed by atoms with Crippen molar-refractivity contribution in [2.24, 2.45) is 0 Å². The van der Waals surface area contributed by atoms with Gasteiger partial charge in [-0.1, -0.05) is 18.2 Å². The Morgan fingerprint density at radius 2 is 1.50 bits per heavy atom. The molecule has 0 radical (unpaired) electrons. The fraction of sp³-hybridized carbons (Fsp3) is 0.333. The lowest BCUT2D eigenvalue weighted by molar-refractivity contribution is 0.900. The minimum absolute atomic E-state index is 0.828. The summed E-state index contributed by atoms with van der Waals surface area (Å²) in [6.07, 6.45) is 0. The van der Waals surface area contributed by atoms with Crippen LogP contribution in [0.1, 0.15) is 27.8 Å². The van der Waals surface area contributed by atoms with E-state index in [9.17, 15) is 0 Å². The largest absolute Gasteiger partial charge is 0.397 e. The highest BCUT2D eigenvalue weighted by Gasteiger charge is 2.12. The lowest BCUT2D eigenvalue weighted by Gasteiger charge is -2.24. The van der Waals surface area contributed by atoms with E-state index in [0.717, 1.165) is 17.9 Å². The first-order chi connectivity index (χ1) is 9.41. The SMILES string of the molecule is Cc1cc(C)c(C)c(CN(C)c2ccccc2N)c1C. The summed E-state index contributed by atoms with van der Waals surface area (Å²) in [6, 6.07) is 10.3. The minimum atomic E-state index is 0.828. The Bertz CT molecular complexity index is 603. The quantitative estimate of drug-likeness (QED) is 0.848. The summed E-state index contributed by atoms with van der Waals surface area (Å²) >= 11 is 0. The van der Waals surface area contributed by atoms with Gasteiger partial charge in [0.15, 0.2) is 0 Å². The number of nitrogens with zero attached hydrogens (tertiary/aromatic N) is 1. The van der Waals surface area contributed by atoms with Crippen LogP contribution in [0.4, 0.5) is 11.4 Å². The third-order valence-electron chi connectivity index (χ3n) is 4.26. The van der Waals surface area contributed by atoms with Crippen molar-refractivity contribution in [1.82, 2.24) is 0 Å². The van der Waals surface area contributed by atoms with Crippen molar-refractivity contribution in [1.29, 1.82) is 0 Å². The molecule has 0 unspecified atom stereocenters. The Balaban J connectivity index is 2.38. The van der Waals surface area contributed by atoms with Crippen LogP contribution in [0.2, 0.25) is 0 Å². The van der Waals surface area contributed by atoms with Gasteiger partial charge in [-0.25, -0.2) is 0 Å². The maximum Gasteiger partial charge on any atom is 0.0600 e. The van der Waals surface area contributed by atoms with E-state index in [2.05, 4.69) is 51.8 Å². The number of benzene rings is 2. The van der Waals surface area contributed by atoms with Crippen molar-refractivity contribution >= 4 is 11.4 Å². The highest BCUT2D eigenvalue weighted by molar-refractivity contribution is 5.67. The summed E-state index contributed by atoms with van der Waals surface area (Å²) in [5.41, 5.74) is 14.9. The number of hydrogen-bond acceptors (Lipinski definition) is 2. The molecule has 2 aromatic rings. The fourth-order valence-electron chi connectivity index (χ4n) is 2.69. The molecule has 0 aromatic heterocycles. The van der Waals surface area contributed by atoms with E-state index < -0.39 is 0 Å². The van der Waals surface area contributed by atoms with Gasteiger partial charge in [0, 0.05) is 13.6 Å². The van der Waals surface area contributed by atoms with Crippen LogP contribution in [0.15, 0.2) is 30.3 Å². The average molecular weight is 268 g/mol. The highest BCUT2D eigenvalue weighted by Crippen LogP contribution is 2.27. The first kappa shape index (κ1) is 14.4. The summed E-state index contributed by atoms with van der Waals surface area (Å²) in [5.74, 6) is 0. The van der Waals surface area contributed by atoms with Gasteiger partial charge >= 0.3 is 0 Å². The Morgan fingerprint density at radius 1 is 0.950 bits per heavy atom. The van der Waals surface area contributed by atoms with Crippen molar-refractivity contribution in [3.63, 3.8) is 0 Å². The van der Waals surface area contributed by atoms with Gasteiger partial charge in [-0.2, -0.15) is 0 Å². The topological polar surface area (TPSA) is 29.3 Å². The van der Waals surface area contributed by atoms with Crippen LogP contribution in [-0.4, -0.2) is 7.05 Å². The summed E-state index contributed by atoms with van der Waals surface area (Å²) < 4.78 is 0. The molecule has 0 fully saturated rings. The lowest BCUT2D eigenvalue weighted by Crippen LogP contribution is -2.19. The van der Waals surface area contributed by atoms with Crippen LogP contribution in [0.3, 0.4) is 0 Å². The van der Waals surface area contributed by atoms with Crippen LogP contribution in [0.5, 0.6) is 0 Å². The van der Waals surface area contributed by atoms with Gasteiger partial charge in [-0.15, -0.1) is 0 Å².